The number of hydrogen-bond acceptors (Lipinski definition) is 1. The van der Waals surface area contributed by atoms with E-state index in [1.807, 2.05) is 0 Å². The van der Waals surface area contributed by atoms with E-state index in [2.05, 4.69) is 53.4 Å². The van der Waals surface area contributed by atoms with Crippen molar-refractivity contribution in [3.63, 3.8) is 0 Å². The molecule has 1 unspecified atom stereocenters. The Morgan fingerprint density at radius 3 is 2.26 bits per heavy atom. The van der Waals surface area contributed by atoms with Crippen molar-refractivity contribution in [3.05, 3.63) is 12.7 Å². The van der Waals surface area contributed by atoms with Gasteiger partial charge in [0.25, 0.3) is 0 Å². The van der Waals surface area contributed by atoms with E-state index in [-0.39, 0.29) is 0 Å². The van der Waals surface area contributed by atoms with Gasteiger partial charge in [0.05, 0.1) is 0 Å². The highest BCUT2D eigenvalue weighted by Crippen LogP contribution is 2.37. The maximum atomic E-state index is 6.36. The molecule has 0 heterocycles. The largest absolute Gasteiger partial charge is 0.417 e. The fraction of sp³-hybridized carbons (Fsp3) is 0.882. The summed E-state index contributed by atoms with van der Waals surface area (Å²) in [6.07, 6.45) is 9.83. The van der Waals surface area contributed by atoms with Gasteiger partial charge in [-0.1, -0.05) is 59.5 Å². The van der Waals surface area contributed by atoms with Crippen molar-refractivity contribution >= 4 is 8.32 Å². The zero-order valence-electron chi connectivity index (χ0n) is 14.2. The monoisotopic (exact) mass is 284 g/mol. The Morgan fingerprint density at radius 2 is 1.79 bits per heavy atom. The highest BCUT2D eigenvalue weighted by molar-refractivity contribution is 6.74. The molecule has 0 N–H and O–H groups in total. The van der Waals surface area contributed by atoms with Crippen LogP contribution in [0.4, 0.5) is 0 Å². The Kier molecular flexibility index (Phi) is 8.92. The molecule has 0 aliphatic heterocycles. The van der Waals surface area contributed by atoms with E-state index in [0.29, 0.717) is 11.0 Å². The molecule has 0 aromatic heterocycles. The Morgan fingerprint density at radius 1 is 1.16 bits per heavy atom. The third-order valence-electron chi connectivity index (χ3n) is 4.45. The lowest BCUT2D eigenvalue weighted by Gasteiger charge is -2.37. The summed E-state index contributed by atoms with van der Waals surface area (Å²) in [6, 6.07) is 0. The molecule has 0 aromatic carbocycles. The molecule has 0 saturated carbocycles. The predicted molar refractivity (Wildman–Crippen MR) is 90.2 cm³/mol. The molecule has 0 fully saturated rings. The van der Waals surface area contributed by atoms with Gasteiger partial charge in [0.2, 0.25) is 0 Å². The molecular weight excluding hydrogens is 248 g/mol. The molecule has 0 bridgehead atoms. The van der Waals surface area contributed by atoms with Crippen molar-refractivity contribution in [1.82, 2.24) is 0 Å². The molecule has 0 saturated heterocycles. The van der Waals surface area contributed by atoms with Crippen LogP contribution in [0, 0.1) is 5.92 Å². The maximum absolute atomic E-state index is 6.36. The fourth-order valence-electron chi connectivity index (χ4n) is 1.91. The molecule has 114 valence electrons. The number of rotatable bonds is 10. The van der Waals surface area contributed by atoms with Crippen LogP contribution >= 0.6 is 0 Å². The van der Waals surface area contributed by atoms with Gasteiger partial charge in [0, 0.05) is 6.61 Å². The van der Waals surface area contributed by atoms with Crippen LogP contribution in [0.1, 0.15) is 66.2 Å². The van der Waals surface area contributed by atoms with E-state index in [9.17, 15) is 0 Å². The third kappa shape index (κ3) is 7.94. The van der Waals surface area contributed by atoms with Crippen molar-refractivity contribution < 1.29 is 4.43 Å². The minimum Gasteiger partial charge on any atom is -0.417 e. The van der Waals surface area contributed by atoms with Gasteiger partial charge in [-0.05, 0) is 36.9 Å². The molecule has 1 nitrogen and oxygen atoms in total. The van der Waals surface area contributed by atoms with Crippen molar-refractivity contribution in [2.45, 2.75) is 84.4 Å². The van der Waals surface area contributed by atoms with Crippen LogP contribution in [0.15, 0.2) is 12.7 Å². The van der Waals surface area contributed by atoms with Crippen molar-refractivity contribution in [2.24, 2.45) is 5.92 Å². The fourth-order valence-corrected chi connectivity index (χ4v) is 2.99. The average molecular weight is 285 g/mol. The van der Waals surface area contributed by atoms with E-state index >= 15 is 0 Å². The molecule has 1 atom stereocenters. The van der Waals surface area contributed by atoms with E-state index < -0.39 is 8.32 Å². The van der Waals surface area contributed by atoms with Crippen molar-refractivity contribution in [3.8, 4) is 0 Å². The zero-order chi connectivity index (χ0) is 14.9. The second-order valence-electron chi connectivity index (χ2n) is 7.31. The number of hydrogen-bond donors (Lipinski definition) is 0. The van der Waals surface area contributed by atoms with Gasteiger partial charge in [0.1, 0.15) is 0 Å². The summed E-state index contributed by atoms with van der Waals surface area (Å²) in [5.74, 6) is 0.670. The summed E-state index contributed by atoms with van der Waals surface area (Å²) in [5, 5.41) is 0.313. The second kappa shape index (κ2) is 8.96. The number of allylic oxidation sites excluding steroid dienone is 1. The highest BCUT2D eigenvalue weighted by Gasteiger charge is 2.37. The molecule has 0 aliphatic carbocycles. The maximum Gasteiger partial charge on any atom is 0.191 e. The van der Waals surface area contributed by atoms with E-state index in [4.69, 9.17) is 4.43 Å². The summed E-state index contributed by atoms with van der Waals surface area (Å²) in [7, 11) is -1.59. The third-order valence-corrected chi connectivity index (χ3v) is 8.95. The molecule has 0 aliphatic rings. The van der Waals surface area contributed by atoms with Crippen LogP contribution in [0.5, 0.6) is 0 Å². The van der Waals surface area contributed by atoms with Crippen molar-refractivity contribution in [1.29, 1.82) is 0 Å². The molecule has 0 amide bonds. The summed E-state index contributed by atoms with van der Waals surface area (Å²) < 4.78 is 6.36. The molecular formula is C17H36OSi. The Balaban J connectivity index is 4.16. The summed E-state index contributed by atoms with van der Waals surface area (Å²) in [4.78, 5) is 0. The second-order valence-corrected chi connectivity index (χ2v) is 12.1. The van der Waals surface area contributed by atoms with Crippen LogP contribution in [-0.2, 0) is 4.43 Å². The Bertz CT molecular complexity index is 240. The van der Waals surface area contributed by atoms with Crippen LogP contribution in [0.2, 0.25) is 18.1 Å². The minimum atomic E-state index is -1.59. The molecule has 0 radical (unpaired) electrons. The highest BCUT2D eigenvalue weighted by atomic mass is 28.4. The summed E-state index contributed by atoms with van der Waals surface area (Å²) >= 11 is 0. The van der Waals surface area contributed by atoms with Gasteiger partial charge < -0.3 is 4.43 Å². The number of unbranched alkanes of at least 4 members (excludes halogenated alkanes) is 3. The summed E-state index contributed by atoms with van der Waals surface area (Å²) in [6.45, 7) is 18.7. The van der Waals surface area contributed by atoms with E-state index in [0.717, 1.165) is 13.0 Å². The SMILES string of the molecule is C=CCC(CCCCCC)CO[Si](C)(C)C(C)(C)C. The lowest BCUT2D eigenvalue weighted by Crippen LogP contribution is -2.41. The molecule has 0 spiro atoms. The van der Waals surface area contributed by atoms with Gasteiger partial charge in [-0.2, -0.15) is 0 Å². The predicted octanol–water partition coefficient (Wildman–Crippen LogP) is 6.17. The van der Waals surface area contributed by atoms with Crippen LogP contribution in [-0.4, -0.2) is 14.9 Å². The lowest BCUT2D eigenvalue weighted by molar-refractivity contribution is 0.218. The molecule has 19 heavy (non-hydrogen) atoms. The smallest absolute Gasteiger partial charge is 0.191 e. The first-order chi connectivity index (χ1) is 8.74. The first-order valence-corrected chi connectivity index (χ1v) is 10.9. The van der Waals surface area contributed by atoms with Gasteiger partial charge >= 0.3 is 0 Å². The molecule has 0 rings (SSSR count). The molecule has 2 heteroatoms. The van der Waals surface area contributed by atoms with Crippen LogP contribution in [0.3, 0.4) is 0 Å². The van der Waals surface area contributed by atoms with Crippen LogP contribution in [0.25, 0.3) is 0 Å². The topological polar surface area (TPSA) is 9.23 Å². The standard InChI is InChI=1S/C17H36OSi/c1-8-10-11-12-14-16(13-9-2)15-18-19(6,7)17(3,4)5/h9,16H,2,8,10-15H2,1,3-7H3. The first-order valence-electron chi connectivity index (χ1n) is 7.99. The summed E-state index contributed by atoms with van der Waals surface area (Å²) in [5.41, 5.74) is 0. The van der Waals surface area contributed by atoms with Gasteiger partial charge in [-0.25, -0.2) is 0 Å². The van der Waals surface area contributed by atoms with E-state index in [1.165, 1.54) is 32.1 Å². The normalized spacial score (nSPS) is 14.4. The van der Waals surface area contributed by atoms with Gasteiger partial charge in [0.15, 0.2) is 8.32 Å². The van der Waals surface area contributed by atoms with Gasteiger partial charge in [-0.15, -0.1) is 6.58 Å². The van der Waals surface area contributed by atoms with E-state index in [1.54, 1.807) is 0 Å². The Labute approximate surface area is 123 Å². The minimum absolute atomic E-state index is 0.313. The lowest BCUT2D eigenvalue weighted by atomic mass is 9.98. The van der Waals surface area contributed by atoms with Gasteiger partial charge in [-0.3, -0.25) is 0 Å². The average Bonchev–Trinajstić information content (AvgIpc) is 2.30. The molecule has 0 aromatic rings. The first kappa shape index (κ1) is 18.9. The van der Waals surface area contributed by atoms with Crippen molar-refractivity contribution in [2.75, 3.05) is 6.61 Å². The zero-order valence-corrected chi connectivity index (χ0v) is 15.2. The Hall–Kier alpha value is -0.0831. The van der Waals surface area contributed by atoms with Crippen LogP contribution < -0.4 is 0 Å². The quantitative estimate of drug-likeness (QED) is 0.265.